The summed E-state index contributed by atoms with van der Waals surface area (Å²) in [5.74, 6) is -2.52. The van der Waals surface area contributed by atoms with Crippen LogP contribution in [0.1, 0.15) is 0 Å². The van der Waals surface area contributed by atoms with E-state index in [-0.39, 0.29) is 19.0 Å². The number of likely N-dealkylation sites (N-methyl/N-ethyl adjacent to an activating group) is 1. The van der Waals surface area contributed by atoms with E-state index in [0.29, 0.717) is 11.0 Å². The number of hydrogen-bond donors (Lipinski definition) is 6. The van der Waals surface area contributed by atoms with Gasteiger partial charge in [-0.3, -0.25) is 0 Å². The Bertz CT molecular complexity index is 296. The van der Waals surface area contributed by atoms with Crippen LogP contribution in [-0.4, -0.2) is 106 Å². The van der Waals surface area contributed by atoms with Crippen LogP contribution in [0, 0.1) is 0 Å². The zero-order chi connectivity index (χ0) is 15.0. The topological polar surface area (TPSA) is 131 Å². The summed E-state index contributed by atoms with van der Waals surface area (Å²) in [7, 11) is 5.65. The van der Waals surface area contributed by atoms with E-state index >= 15 is 0 Å². The van der Waals surface area contributed by atoms with Crippen molar-refractivity contribution < 1.29 is 52.3 Å². The highest BCUT2D eigenvalue weighted by Gasteiger charge is 2.58. The number of halogens is 1. The molecule has 0 aromatic heterocycles. The van der Waals surface area contributed by atoms with Crippen LogP contribution in [0.4, 0.5) is 0 Å². The molecule has 6 N–H and O–H groups in total. The molecule has 1 aliphatic rings. The molecule has 0 radical (unpaired) electrons. The molecule has 0 aliphatic heterocycles. The molecule has 9 heteroatoms. The first-order valence-electron chi connectivity index (χ1n) is 6.08. The van der Waals surface area contributed by atoms with Crippen molar-refractivity contribution in [2.45, 2.75) is 36.3 Å². The van der Waals surface area contributed by atoms with Gasteiger partial charge in [0, 0.05) is 0 Å². The summed E-state index contributed by atoms with van der Waals surface area (Å²) < 4.78 is 5.59. The Hall–Kier alpha value is -0.0300. The van der Waals surface area contributed by atoms with Crippen molar-refractivity contribution in [3.8, 4) is 0 Å². The maximum absolute atomic E-state index is 10.1. The predicted octanol–water partition coefficient (Wildman–Crippen LogP) is -6.78. The van der Waals surface area contributed by atoms with E-state index in [2.05, 4.69) is 0 Å². The monoisotopic (exact) mass is 317 g/mol. The van der Waals surface area contributed by atoms with Gasteiger partial charge in [0.15, 0.2) is 0 Å². The normalized spacial score (nSPS) is 42.1. The van der Waals surface area contributed by atoms with Gasteiger partial charge < -0.3 is 52.3 Å². The zero-order valence-electron chi connectivity index (χ0n) is 11.7. The molecule has 0 spiro atoms. The van der Waals surface area contributed by atoms with Gasteiger partial charge in [-0.1, -0.05) is 0 Å². The van der Waals surface area contributed by atoms with Gasteiger partial charge in [-0.05, 0) is 0 Å². The Labute approximate surface area is 123 Å². The summed E-state index contributed by atoms with van der Waals surface area (Å²) in [6, 6.07) is 0. The van der Waals surface area contributed by atoms with Gasteiger partial charge in [-0.2, -0.15) is 0 Å². The van der Waals surface area contributed by atoms with Crippen LogP contribution in [0.25, 0.3) is 0 Å². The molecule has 1 fully saturated rings. The minimum absolute atomic E-state index is 0. The lowest BCUT2D eigenvalue weighted by Gasteiger charge is -2.47. The Morgan fingerprint density at radius 3 is 1.65 bits per heavy atom. The molecule has 2 unspecified atom stereocenters. The van der Waals surface area contributed by atoms with Gasteiger partial charge in [0.05, 0.1) is 27.7 Å². The maximum Gasteiger partial charge on any atom is 0.224 e. The van der Waals surface area contributed by atoms with Crippen LogP contribution >= 0.6 is 0 Å². The number of aliphatic hydroxyl groups excluding tert-OH is 5. The van der Waals surface area contributed by atoms with Crippen LogP contribution in [-0.2, 0) is 4.74 Å². The van der Waals surface area contributed by atoms with Crippen LogP contribution in [0.15, 0.2) is 0 Å². The second-order valence-corrected chi connectivity index (χ2v) is 5.98. The largest absolute Gasteiger partial charge is 1.00 e. The molecule has 1 aliphatic carbocycles. The van der Waals surface area contributed by atoms with E-state index < -0.39 is 36.3 Å². The standard InChI is InChI=1S/C11H24NO7.ClH/c1-12(2,3)4-5-19-11(18)9(16)7(14)6(13)8(15)10(11)17;/h6-10,13-18H,4-5H2,1-3H3;1H/q+1;/p-1/t6?,7-,8+,9-,10-,11?;/m1./s1. The Balaban J connectivity index is 0.00000361. The molecule has 0 aromatic carbocycles. The molecule has 0 bridgehead atoms. The quantitative estimate of drug-likeness (QED) is 0.224. The molecule has 0 heterocycles. The number of nitrogens with zero attached hydrogens (tertiary/aromatic N) is 1. The van der Waals surface area contributed by atoms with Crippen LogP contribution in [0.2, 0.25) is 0 Å². The third-order valence-electron chi connectivity index (χ3n) is 3.29. The Kier molecular flexibility index (Phi) is 6.81. The van der Waals surface area contributed by atoms with E-state index in [4.69, 9.17) is 4.74 Å². The third-order valence-corrected chi connectivity index (χ3v) is 3.29. The summed E-state index contributed by atoms with van der Waals surface area (Å²) in [5.41, 5.74) is 0. The second kappa shape index (κ2) is 6.82. The van der Waals surface area contributed by atoms with E-state index in [9.17, 15) is 30.6 Å². The van der Waals surface area contributed by atoms with Crippen molar-refractivity contribution in [2.75, 3.05) is 34.3 Å². The molecule has 0 saturated heterocycles. The minimum atomic E-state index is -2.52. The first-order chi connectivity index (χ1) is 8.50. The first-order valence-corrected chi connectivity index (χ1v) is 6.08. The molecule has 20 heavy (non-hydrogen) atoms. The molecule has 0 amide bonds. The third kappa shape index (κ3) is 4.00. The van der Waals surface area contributed by atoms with E-state index in [1.54, 1.807) is 0 Å². The number of ether oxygens (including phenoxy) is 1. The van der Waals surface area contributed by atoms with Crippen molar-refractivity contribution in [1.29, 1.82) is 0 Å². The van der Waals surface area contributed by atoms with Crippen molar-refractivity contribution in [2.24, 2.45) is 0 Å². The minimum Gasteiger partial charge on any atom is -1.00 e. The highest BCUT2D eigenvalue weighted by Crippen LogP contribution is 2.31. The zero-order valence-corrected chi connectivity index (χ0v) is 12.5. The van der Waals surface area contributed by atoms with Crippen molar-refractivity contribution >= 4 is 0 Å². The predicted molar refractivity (Wildman–Crippen MR) is 63.8 cm³/mol. The lowest BCUT2D eigenvalue weighted by Crippen LogP contribution is -3.00. The number of rotatable bonds is 4. The van der Waals surface area contributed by atoms with Gasteiger partial charge in [0.25, 0.3) is 0 Å². The lowest BCUT2D eigenvalue weighted by atomic mass is 9.82. The van der Waals surface area contributed by atoms with Crippen molar-refractivity contribution in [3.63, 3.8) is 0 Å². The average Bonchev–Trinajstić information content (AvgIpc) is 2.30. The van der Waals surface area contributed by atoms with E-state index in [1.165, 1.54) is 0 Å². The van der Waals surface area contributed by atoms with Crippen LogP contribution in [0.3, 0.4) is 0 Å². The van der Waals surface area contributed by atoms with E-state index in [0.717, 1.165) is 0 Å². The summed E-state index contributed by atoms with van der Waals surface area (Å²) in [5, 5.41) is 58.0. The number of hydrogen-bond acceptors (Lipinski definition) is 7. The second-order valence-electron chi connectivity index (χ2n) is 5.98. The molecule has 6 atom stereocenters. The first kappa shape index (κ1) is 20.0. The van der Waals surface area contributed by atoms with Gasteiger partial charge in [0.2, 0.25) is 5.79 Å². The molecular weight excluding hydrogens is 294 g/mol. The Morgan fingerprint density at radius 2 is 1.30 bits per heavy atom. The molecule has 8 nitrogen and oxygen atoms in total. The van der Waals surface area contributed by atoms with Gasteiger partial charge >= 0.3 is 0 Å². The Morgan fingerprint density at radius 1 is 0.900 bits per heavy atom. The summed E-state index contributed by atoms with van der Waals surface area (Å²) in [6.45, 7) is 0.458. The van der Waals surface area contributed by atoms with E-state index in [1.807, 2.05) is 21.1 Å². The van der Waals surface area contributed by atoms with Gasteiger partial charge in [-0.25, -0.2) is 0 Å². The molecule has 1 saturated carbocycles. The lowest BCUT2D eigenvalue weighted by molar-refractivity contribution is -0.871. The number of aliphatic hydroxyl groups is 6. The highest BCUT2D eigenvalue weighted by atomic mass is 35.5. The average molecular weight is 318 g/mol. The summed E-state index contributed by atoms with van der Waals surface area (Å²) in [4.78, 5) is 0. The van der Waals surface area contributed by atoms with Gasteiger partial charge in [0.1, 0.15) is 37.1 Å². The smallest absolute Gasteiger partial charge is 0.224 e. The highest BCUT2D eigenvalue weighted by molar-refractivity contribution is 5.03. The van der Waals surface area contributed by atoms with Crippen molar-refractivity contribution in [1.82, 2.24) is 0 Å². The van der Waals surface area contributed by atoms with Crippen LogP contribution in [0.5, 0.6) is 0 Å². The fraction of sp³-hybridized carbons (Fsp3) is 1.00. The molecule has 122 valence electrons. The molecular formula is C11H24ClNO7. The maximum atomic E-state index is 10.1. The fourth-order valence-corrected chi connectivity index (χ4v) is 1.89. The van der Waals surface area contributed by atoms with Crippen LogP contribution < -0.4 is 12.4 Å². The fourth-order valence-electron chi connectivity index (χ4n) is 1.89. The summed E-state index contributed by atoms with van der Waals surface area (Å²) in [6.07, 6.45) is -9.23. The van der Waals surface area contributed by atoms with Crippen molar-refractivity contribution in [3.05, 3.63) is 0 Å². The molecule has 0 aromatic rings. The summed E-state index contributed by atoms with van der Waals surface area (Å²) >= 11 is 0. The number of quaternary nitrogens is 1. The molecule has 1 rings (SSSR count). The van der Waals surface area contributed by atoms with Gasteiger partial charge in [-0.15, -0.1) is 0 Å². The SMILES string of the molecule is C[N+](C)(C)CCOC1(O)[C@H](O)[C@H](O)C(O)[C@H](O)[C@H]1O.[Cl-].